The average molecular weight is 477 g/mol. The first-order valence-electron chi connectivity index (χ1n) is 11.6. The highest BCUT2D eigenvalue weighted by Gasteiger charge is 2.47. The molecule has 0 bridgehead atoms. The number of aryl methyl sites for hydroxylation is 1. The van der Waals surface area contributed by atoms with Crippen molar-refractivity contribution >= 4 is 28.4 Å². The fourth-order valence-electron chi connectivity index (χ4n) is 4.81. The van der Waals surface area contributed by atoms with E-state index in [0.717, 1.165) is 22.0 Å². The van der Waals surface area contributed by atoms with Crippen LogP contribution in [0.15, 0.2) is 54.2 Å². The van der Waals surface area contributed by atoms with Crippen LogP contribution < -0.4 is 4.74 Å². The Bertz CT molecular complexity index is 1330. The van der Waals surface area contributed by atoms with E-state index in [1.54, 1.807) is 26.4 Å². The number of para-hydroxylation sites is 1. The number of rotatable bonds is 6. The van der Waals surface area contributed by atoms with E-state index in [2.05, 4.69) is 20.8 Å². The summed E-state index contributed by atoms with van der Waals surface area (Å²) in [7, 11) is 5.08. The third kappa shape index (κ3) is 4.21. The minimum Gasteiger partial charge on any atom is -0.507 e. The van der Waals surface area contributed by atoms with Crippen molar-refractivity contribution in [2.45, 2.75) is 32.2 Å². The van der Waals surface area contributed by atoms with Crippen LogP contribution >= 0.6 is 0 Å². The summed E-state index contributed by atoms with van der Waals surface area (Å²) < 4.78 is 12.7. The number of amides is 1. The number of carbonyl (C=O) groups is 2. The Morgan fingerprint density at radius 2 is 1.80 bits per heavy atom. The second-order valence-corrected chi connectivity index (χ2v) is 9.86. The summed E-state index contributed by atoms with van der Waals surface area (Å²) in [6, 6.07) is 12.4. The molecule has 1 unspecified atom stereocenters. The topological polar surface area (TPSA) is 81.0 Å². The summed E-state index contributed by atoms with van der Waals surface area (Å²) in [5.41, 5.74) is 2.92. The molecule has 1 saturated heterocycles. The SMILES string of the molecule is COCCN1C(=O)C(=O)/C(=C(/O)c2ccc(OC)c(C(C)(C)C)c2)C1c1cn(C)c2ccccc12. The lowest BCUT2D eigenvalue weighted by Crippen LogP contribution is -2.32. The molecule has 35 heavy (non-hydrogen) atoms. The van der Waals surface area contributed by atoms with Gasteiger partial charge < -0.3 is 24.0 Å². The fourth-order valence-corrected chi connectivity index (χ4v) is 4.81. The van der Waals surface area contributed by atoms with Gasteiger partial charge >= 0.3 is 0 Å². The number of aliphatic hydroxyl groups is 1. The highest BCUT2D eigenvalue weighted by atomic mass is 16.5. The number of carbonyl (C=O) groups excluding carboxylic acids is 2. The van der Waals surface area contributed by atoms with Crippen molar-refractivity contribution in [2.24, 2.45) is 7.05 Å². The van der Waals surface area contributed by atoms with Crippen molar-refractivity contribution in [3.8, 4) is 5.75 Å². The molecule has 1 N–H and O–H groups in total. The number of benzene rings is 2. The van der Waals surface area contributed by atoms with E-state index in [0.29, 0.717) is 11.3 Å². The van der Waals surface area contributed by atoms with Gasteiger partial charge in [-0.05, 0) is 29.7 Å². The van der Waals surface area contributed by atoms with Crippen LogP contribution in [0.2, 0.25) is 0 Å². The van der Waals surface area contributed by atoms with Crippen molar-refractivity contribution < 1.29 is 24.2 Å². The highest BCUT2D eigenvalue weighted by Crippen LogP contribution is 2.43. The van der Waals surface area contributed by atoms with E-state index in [4.69, 9.17) is 9.47 Å². The molecule has 4 rings (SSSR count). The van der Waals surface area contributed by atoms with Gasteiger partial charge in [0.05, 0.1) is 25.3 Å². The molecule has 0 saturated carbocycles. The number of methoxy groups -OCH3 is 2. The van der Waals surface area contributed by atoms with E-state index in [1.165, 1.54) is 4.90 Å². The van der Waals surface area contributed by atoms with E-state index in [-0.39, 0.29) is 29.9 Å². The zero-order valence-corrected chi connectivity index (χ0v) is 21.1. The minimum absolute atomic E-state index is 0.0764. The molecule has 2 heterocycles. The van der Waals surface area contributed by atoms with Crippen LogP contribution in [0.3, 0.4) is 0 Å². The Hall–Kier alpha value is -3.58. The van der Waals surface area contributed by atoms with Gasteiger partial charge in [0.1, 0.15) is 11.5 Å². The number of Topliss-reactive ketones (excluding diaryl/α,β-unsaturated/α-hetero) is 1. The van der Waals surface area contributed by atoms with E-state index >= 15 is 0 Å². The van der Waals surface area contributed by atoms with Crippen molar-refractivity contribution in [2.75, 3.05) is 27.4 Å². The van der Waals surface area contributed by atoms with Gasteiger partial charge in [0.15, 0.2) is 0 Å². The quantitative estimate of drug-likeness (QED) is 0.321. The van der Waals surface area contributed by atoms with Crippen LogP contribution in [-0.4, -0.2) is 53.6 Å². The number of likely N-dealkylation sites (tertiary alicyclic amines) is 1. The molecule has 1 fully saturated rings. The molecule has 0 spiro atoms. The van der Waals surface area contributed by atoms with Gasteiger partial charge in [0.25, 0.3) is 11.7 Å². The molecule has 1 aromatic heterocycles. The number of nitrogens with zero attached hydrogens (tertiary/aromatic N) is 2. The Kier molecular flexibility index (Phi) is 6.47. The van der Waals surface area contributed by atoms with Gasteiger partial charge in [0, 0.05) is 54.5 Å². The van der Waals surface area contributed by atoms with Gasteiger partial charge in [-0.25, -0.2) is 0 Å². The summed E-state index contributed by atoms with van der Waals surface area (Å²) in [6.45, 7) is 6.64. The second-order valence-electron chi connectivity index (χ2n) is 9.86. The summed E-state index contributed by atoms with van der Waals surface area (Å²) >= 11 is 0. The van der Waals surface area contributed by atoms with Crippen LogP contribution in [0.5, 0.6) is 5.75 Å². The molecule has 7 nitrogen and oxygen atoms in total. The third-order valence-corrected chi connectivity index (χ3v) is 6.58. The van der Waals surface area contributed by atoms with Crippen molar-refractivity contribution in [3.05, 3.63) is 70.9 Å². The first-order valence-corrected chi connectivity index (χ1v) is 11.6. The van der Waals surface area contributed by atoms with Crippen LogP contribution in [0.4, 0.5) is 0 Å². The Labute approximate surface area is 205 Å². The summed E-state index contributed by atoms with van der Waals surface area (Å²) in [6.07, 6.45) is 1.92. The Morgan fingerprint density at radius 1 is 1.09 bits per heavy atom. The Balaban J connectivity index is 1.96. The summed E-state index contributed by atoms with van der Waals surface area (Å²) in [4.78, 5) is 28.0. The molecule has 3 aromatic rings. The molecule has 0 aliphatic carbocycles. The standard InChI is InChI=1S/C28H32N2O5/c1-28(2,3)20-15-17(11-12-22(20)35-6)25(31)23-24(30(13-14-34-5)27(33)26(23)32)19-16-29(4)21-10-8-7-9-18(19)21/h7-12,15-16,24,31H,13-14H2,1-6H3/b25-23+. The molecular formula is C28H32N2O5. The number of hydrogen-bond acceptors (Lipinski definition) is 5. The molecule has 7 heteroatoms. The first kappa shape index (κ1) is 24.5. The van der Waals surface area contributed by atoms with Crippen molar-refractivity contribution in [3.63, 3.8) is 0 Å². The molecule has 0 radical (unpaired) electrons. The Morgan fingerprint density at radius 3 is 2.46 bits per heavy atom. The molecule has 1 aliphatic rings. The lowest BCUT2D eigenvalue weighted by atomic mass is 9.84. The van der Waals surface area contributed by atoms with E-state index < -0.39 is 17.7 Å². The number of aromatic nitrogens is 1. The minimum atomic E-state index is -0.739. The van der Waals surface area contributed by atoms with Gasteiger partial charge in [-0.15, -0.1) is 0 Å². The zero-order chi connectivity index (χ0) is 25.5. The maximum atomic E-state index is 13.3. The monoisotopic (exact) mass is 476 g/mol. The van der Waals surface area contributed by atoms with Gasteiger partial charge in [0.2, 0.25) is 0 Å². The van der Waals surface area contributed by atoms with Crippen LogP contribution in [0.25, 0.3) is 16.7 Å². The highest BCUT2D eigenvalue weighted by molar-refractivity contribution is 6.46. The zero-order valence-electron chi connectivity index (χ0n) is 21.1. The molecule has 2 aromatic carbocycles. The summed E-state index contributed by atoms with van der Waals surface area (Å²) in [5, 5.41) is 12.4. The van der Waals surface area contributed by atoms with Crippen molar-refractivity contribution in [1.29, 1.82) is 0 Å². The second kappa shape index (κ2) is 9.23. The van der Waals surface area contributed by atoms with Gasteiger partial charge in [-0.3, -0.25) is 9.59 Å². The number of ketones is 1. The van der Waals surface area contributed by atoms with E-state index in [9.17, 15) is 14.7 Å². The van der Waals surface area contributed by atoms with Crippen molar-refractivity contribution in [1.82, 2.24) is 9.47 Å². The predicted octanol–water partition coefficient (Wildman–Crippen LogP) is 4.55. The predicted molar refractivity (Wildman–Crippen MR) is 135 cm³/mol. The van der Waals surface area contributed by atoms with E-state index in [1.807, 2.05) is 48.1 Å². The first-order chi connectivity index (χ1) is 16.6. The van der Waals surface area contributed by atoms with Crippen LogP contribution in [0, 0.1) is 0 Å². The third-order valence-electron chi connectivity index (χ3n) is 6.58. The number of aliphatic hydroxyl groups excluding tert-OH is 1. The average Bonchev–Trinajstić information content (AvgIpc) is 3.29. The molecule has 1 atom stereocenters. The molecule has 1 aliphatic heterocycles. The molecule has 184 valence electrons. The molecule has 1 amide bonds. The number of fused-ring (bicyclic) bond motifs is 1. The summed E-state index contributed by atoms with van der Waals surface area (Å²) in [5.74, 6) is -0.856. The maximum Gasteiger partial charge on any atom is 0.295 e. The van der Waals surface area contributed by atoms with Gasteiger partial charge in [-0.2, -0.15) is 0 Å². The largest absolute Gasteiger partial charge is 0.507 e. The van der Waals surface area contributed by atoms with Crippen LogP contribution in [0.1, 0.15) is 43.5 Å². The lowest BCUT2D eigenvalue weighted by molar-refractivity contribution is -0.140. The normalized spacial score (nSPS) is 18.0. The molecular weight excluding hydrogens is 444 g/mol. The smallest absolute Gasteiger partial charge is 0.295 e. The number of ether oxygens (including phenoxy) is 2. The maximum absolute atomic E-state index is 13.3. The number of hydrogen-bond donors (Lipinski definition) is 1. The fraction of sp³-hybridized carbons (Fsp3) is 0.357. The van der Waals surface area contributed by atoms with Gasteiger partial charge in [-0.1, -0.05) is 39.0 Å². The van der Waals surface area contributed by atoms with Crippen LogP contribution in [-0.2, 0) is 26.8 Å². The lowest BCUT2D eigenvalue weighted by Gasteiger charge is -2.25.